The number of rotatable bonds is 5. The second-order valence-corrected chi connectivity index (χ2v) is 6.23. The van der Waals surface area contributed by atoms with Crippen LogP contribution in [0.1, 0.15) is 52.1 Å². The first-order valence-corrected chi connectivity index (χ1v) is 6.49. The van der Waals surface area contributed by atoms with Gasteiger partial charge in [0.1, 0.15) is 0 Å². The van der Waals surface area contributed by atoms with Crippen LogP contribution in [0.25, 0.3) is 0 Å². The molecule has 0 saturated heterocycles. The van der Waals surface area contributed by atoms with Crippen molar-refractivity contribution in [2.45, 2.75) is 46.6 Å². The lowest BCUT2D eigenvalue weighted by atomic mass is 9.82. The number of nitrogens with one attached hydrogen (secondary N) is 1. The highest BCUT2D eigenvalue weighted by atomic mass is 14.9. The Bertz CT molecular complexity index is 313. The predicted molar refractivity (Wildman–Crippen MR) is 73.9 cm³/mol. The summed E-state index contributed by atoms with van der Waals surface area (Å²) in [6.45, 7) is 9.26. The molecule has 0 aliphatic carbocycles. The van der Waals surface area contributed by atoms with Crippen molar-refractivity contribution in [2.75, 3.05) is 7.05 Å². The molecule has 1 heterocycles. The highest BCUT2D eigenvalue weighted by molar-refractivity contribution is 5.13. The highest BCUT2D eigenvalue weighted by Gasteiger charge is 2.19. The van der Waals surface area contributed by atoms with E-state index in [1.165, 1.54) is 18.4 Å². The van der Waals surface area contributed by atoms with Crippen LogP contribution in [0.2, 0.25) is 0 Å². The normalized spacial score (nSPS) is 15.6. The van der Waals surface area contributed by atoms with Gasteiger partial charge in [0, 0.05) is 18.4 Å². The van der Waals surface area contributed by atoms with Crippen molar-refractivity contribution in [1.82, 2.24) is 10.3 Å². The van der Waals surface area contributed by atoms with Crippen molar-refractivity contribution in [3.63, 3.8) is 0 Å². The lowest BCUT2D eigenvalue weighted by Gasteiger charge is -2.26. The maximum absolute atomic E-state index is 4.20. The highest BCUT2D eigenvalue weighted by Crippen LogP contribution is 2.30. The molecule has 0 saturated carbocycles. The summed E-state index contributed by atoms with van der Waals surface area (Å²) < 4.78 is 0. The molecule has 2 nitrogen and oxygen atoms in total. The molecular weight excluding hydrogens is 208 g/mol. The van der Waals surface area contributed by atoms with Crippen molar-refractivity contribution in [1.29, 1.82) is 0 Å². The van der Waals surface area contributed by atoms with Crippen molar-refractivity contribution in [2.24, 2.45) is 11.3 Å². The molecule has 96 valence electrons. The van der Waals surface area contributed by atoms with E-state index in [4.69, 9.17) is 0 Å². The van der Waals surface area contributed by atoms with E-state index < -0.39 is 0 Å². The van der Waals surface area contributed by atoms with Crippen LogP contribution < -0.4 is 5.32 Å². The molecule has 0 bridgehead atoms. The summed E-state index contributed by atoms with van der Waals surface area (Å²) in [7, 11) is 2.03. The first-order valence-electron chi connectivity index (χ1n) is 6.49. The van der Waals surface area contributed by atoms with Crippen molar-refractivity contribution < 1.29 is 0 Å². The summed E-state index contributed by atoms with van der Waals surface area (Å²) in [6.07, 6.45) is 6.21. The van der Waals surface area contributed by atoms with Crippen molar-refractivity contribution in [3.8, 4) is 0 Å². The summed E-state index contributed by atoms with van der Waals surface area (Å²) in [4.78, 5) is 4.20. The van der Waals surface area contributed by atoms with Gasteiger partial charge in [0.15, 0.2) is 0 Å². The molecule has 0 aliphatic heterocycles. The van der Waals surface area contributed by atoms with E-state index in [9.17, 15) is 0 Å². The molecule has 1 rings (SSSR count). The Hall–Kier alpha value is -0.890. The monoisotopic (exact) mass is 234 g/mol. The summed E-state index contributed by atoms with van der Waals surface area (Å²) >= 11 is 0. The lowest BCUT2D eigenvalue weighted by molar-refractivity contribution is 0.279. The molecule has 0 aliphatic rings. The zero-order chi connectivity index (χ0) is 12.9. The van der Waals surface area contributed by atoms with Crippen molar-refractivity contribution in [3.05, 3.63) is 30.1 Å². The molecule has 0 amide bonds. The van der Waals surface area contributed by atoms with E-state index in [0.29, 0.717) is 17.4 Å². The van der Waals surface area contributed by atoms with Crippen LogP contribution in [-0.4, -0.2) is 12.0 Å². The van der Waals surface area contributed by atoms with Crippen LogP contribution >= 0.6 is 0 Å². The molecule has 0 aromatic carbocycles. The van der Waals surface area contributed by atoms with E-state index in [-0.39, 0.29) is 0 Å². The average molecular weight is 234 g/mol. The fourth-order valence-corrected chi connectivity index (χ4v) is 2.53. The van der Waals surface area contributed by atoms with E-state index >= 15 is 0 Å². The Labute approximate surface area is 106 Å². The Balaban J connectivity index is 2.59. The van der Waals surface area contributed by atoms with Crippen LogP contribution in [0.3, 0.4) is 0 Å². The molecule has 1 aromatic heterocycles. The quantitative estimate of drug-likeness (QED) is 0.838. The van der Waals surface area contributed by atoms with E-state index in [1.54, 1.807) is 0 Å². The smallest absolute Gasteiger partial charge is 0.0335 e. The first kappa shape index (κ1) is 14.2. The van der Waals surface area contributed by atoms with Gasteiger partial charge in [-0.1, -0.05) is 33.8 Å². The molecule has 0 radical (unpaired) electrons. The predicted octanol–water partition coefficient (Wildman–Crippen LogP) is 3.80. The van der Waals surface area contributed by atoms with Crippen LogP contribution in [-0.2, 0) is 0 Å². The molecule has 0 fully saturated rings. The largest absolute Gasteiger partial charge is 0.313 e. The van der Waals surface area contributed by atoms with Crippen LogP contribution in [0, 0.1) is 11.3 Å². The number of nitrogens with zero attached hydrogens (tertiary/aromatic N) is 1. The zero-order valence-corrected chi connectivity index (χ0v) is 11.8. The van der Waals surface area contributed by atoms with Crippen molar-refractivity contribution >= 4 is 0 Å². The maximum Gasteiger partial charge on any atom is 0.0335 e. The SMILES string of the molecule is CNC(CC(C)CC(C)(C)C)c1cccnc1. The van der Waals surface area contributed by atoms with Crippen LogP contribution in [0.5, 0.6) is 0 Å². The molecule has 2 heteroatoms. The summed E-state index contributed by atoms with van der Waals surface area (Å²) in [5.74, 6) is 0.715. The Kier molecular flexibility index (Phi) is 5.13. The fourth-order valence-electron chi connectivity index (χ4n) is 2.53. The van der Waals surface area contributed by atoms with Gasteiger partial charge >= 0.3 is 0 Å². The lowest BCUT2D eigenvalue weighted by Crippen LogP contribution is -2.21. The molecule has 1 N–H and O–H groups in total. The third kappa shape index (κ3) is 5.31. The minimum absolute atomic E-state index is 0.409. The Morgan fingerprint density at radius 2 is 2.06 bits per heavy atom. The Morgan fingerprint density at radius 3 is 2.53 bits per heavy atom. The Morgan fingerprint density at radius 1 is 1.35 bits per heavy atom. The summed E-state index contributed by atoms with van der Waals surface area (Å²) in [6, 6.07) is 4.58. The maximum atomic E-state index is 4.20. The minimum atomic E-state index is 0.409. The van der Waals surface area contributed by atoms with E-state index in [0.717, 1.165) is 0 Å². The van der Waals surface area contributed by atoms with Gasteiger partial charge in [-0.05, 0) is 42.9 Å². The van der Waals surface area contributed by atoms with Gasteiger partial charge in [-0.3, -0.25) is 4.98 Å². The van der Waals surface area contributed by atoms with Crippen LogP contribution in [0.4, 0.5) is 0 Å². The van der Waals surface area contributed by atoms with Gasteiger partial charge in [0.2, 0.25) is 0 Å². The third-order valence-corrected chi connectivity index (χ3v) is 3.03. The third-order valence-electron chi connectivity index (χ3n) is 3.03. The van der Waals surface area contributed by atoms with Gasteiger partial charge in [0.05, 0.1) is 0 Å². The number of pyridine rings is 1. The van der Waals surface area contributed by atoms with Gasteiger partial charge in [-0.25, -0.2) is 0 Å². The standard InChI is InChI=1S/C15H26N2/c1-12(10-15(2,3)4)9-14(16-5)13-7-6-8-17-11-13/h6-8,11-12,14,16H,9-10H2,1-5H3. The second kappa shape index (κ2) is 6.15. The zero-order valence-electron chi connectivity index (χ0n) is 11.8. The second-order valence-electron chi connectivity index (χ2n) is 6.23. The minimum Gasteiger partial charge on any atom is -0.313 e. The molecule has 0 spiro atoms. The van der Waals surface area contributed by atoms with Crippen LogP contribution in [0.15, 0.2) is 24.5 Å². The topological polar surface area (TPSA) is 24.9 Å². The average Bonchev–Trinajstić information content (AvgIpc) is 2.24. The van der Waals surface area contributed by atoms with Gasteiger partial charge < -0.3 is 5.32 Å². The van der Waals surface area contributed by atoms with E-state index in [1.807, 2.05) is 25.5 Å². The summed E-state index contributed by atoms with van der Waals surface area (Å²) in [5.41, 5.74) is 1.70. The van der Waals surface area contributed by atoms with Gasteiger partial charge in [-0.2, -0.15) is 0 Å². The molecule has 1 aromatic rings. The van der Waals surface area contributed by atoms with Gasteiger partial charge in [0.25, 0.3) is 0 Å². The first-order chi connectivity index (χ1) is 7.92. The molecular formula is C15H26N2. The number of hydrogen-bond acceptors (Lipinski definition) is 2. The number of aromatic nitrogens is 1. The molecule has 2 unspecified atom stereocenters. The molecule has 2 atom stereocenters. The van der Waals surface area contributed by atoms with Gasteiger partial charge in [-0.15, -0.1) is 0 Å². The number of hydrogen-bond donors (Lipinski definition) is 1. The molecule has 17 heavy (non-hydrogen) atoms. The van der Waals surface area contributed by atoms with E-state index in [2.05, 4.69) is 44.1 Å². The summed E-state index contributed by atoms with van der Waals surface area (Å²) in [5, 5.41) is 3.40. The fraction of sp³-hybridized carbons (Fsp3) is 0.667.